The zero-order chi connectivity index (χ0) is 10.8. The van der Waals surface area contributed by atoms with Crippen LogP contribution in [0.2, 0.25) is 5.02 Å². The molecule has 0 atom stereocenters. The summed E-state index contributed by atoms with van der Waals surface area (Å²) in [6.07, 6.45) is 2.31. The van der Waals surface area contributed by atoms with Gasteiger partial charge in [-0.3, -0.25) is 9.78 Å². The molecule has 0 N–H and O–H groups in total. The third kappa shape index (κ3) is 1.78. The summed E-state index contributed by atoms with van der Waals surface area (Å²) in [5, 5.41) is 0.541. The SMILES string of the molecule is Cc1oc(C=O)cc1-c1ncccc1Cl. The highest BCUT2D eigenvalue weighted by Gasteiger charge is 2.12. The molecular weight excluding hydrogens is 214 g/mol. The van der Waals surface area contributed by atoms with Crippen molar-refractivity contribution >= 4 is 17.9 Å². The average molecular weight is 222 g/mol. The number of rotatable bonds is 2. The van der Waals surface area contributed by atoms with Gasteiger partial charge in [-0.05, 0) is 25.1 Å². The van der Waals surface area contributed by atoms with E-state index in [9.17, 15) is 4.79 Å². The predicted molar refractivity (Wildman–Crippen MR) is 57.1 cm³/mol. The van der Waals surface area contributed by atoms with Crippen molar-refractivity contribution in [3.05, 3.63) is 40.9 Å². The summed E-state index contributed by atoms with van der Waals surface area (Å²) < 4.78 is 5.21. The van der Waals surface area contributed by atoms with Crippen LogP contribution in [0.5, 0.6) is 0 Å². The van der Waals surface area contributed by atoms with Gasteiger partial charge in [0.1, 0.15) is 5.76 Å². The van der Waals surface area contributed by atoms with Gasteiger partial charge in [0.15, 0.2) is 12.0 Å². The fraction of sp³-hybridized carbons (Fsp3) is 0.0909. The molecule has 0 spiro atoms. The first kappa shape index (κ1) is 9.93. The van der Waals surface area contributed by atoms with E-state index in [4.69, 9.17) is 16.0 Å². The molecule has 0 saturated heterocycles. The van der Waals surface area contributed by atoms with Crippen molar-refractivity contribution in [2.75, 3.05) is 0 Å². The lowest BCUT2D eigenvalue weighted by molar-refractivity contribution is 0.109. The molecule has 0 aromatic carbocycles. The van der Waals surface area contributed by atoms with Crippen LogP contribution in [0.15, 0.2) is 28.8 Å². The molecule has 0 aliphatic heterocycles. The van der Waals surface area contributed by atoms with E-state index in [1.54, 1.807) is 31.3 Å². The number of aromatic nitrogens is 1. The van der Waals surface area contributed by atoms with Gasteiger partial charge in [0.05, 0.1) is 10.7 Å². The molecule has 15 heavy (non-hydrogen) atoms. The summed E-state index contributed by atoms with van der Waals surface area (Å²) >= 11 is 5.99. The maximum atomic E-state index is 10.5. The fourth-order valence-corrected chi connectivity index (χ4v) is 1.61. The summed E-state index contributed by atoms with van der Waals surface area (Å²) in [6.45, 7) is 1.77. The Labute approximate surface area is 91.7 Å². The highest BCUT2D eigenvalue weighted by Crippen LogP contribution is 2.29. The van der Waals surface area contributed by atoms with Gasteiger partial charge in [-0.25, -0.2) is 0 Å². The van der Waals surface area contributed by atoms with Crippen molar-refractivity contribution < 1.29 is 9.21 Å². The molecule has 2 aromatic rings. The number of carbonyl (C=O) groups is 1. The van der Waals surface area contributed by atoms with Crippen molar-refractivity contribution in [3.8, 4) is 11.3 Å². The van der Waals surface area contributed by atoms with Crippen LogP contribution in [0.4, 0.5) is 0 Å². The number of aryl methyl sites for hydroxylation is 1. The molecule has 2 rings (SSSR count). The molecule has 0 unspecified atom stereocenters. The molecule has 0 aliphatic rings. The molecule has 0 amide bonds. The molecular formula is C11H8ClNO2. The lowest BCUT2D eigenvalue weighted by Crippen LogP contribution is -1.83. The second kappa shape index (κ2) is 3.87. The highest BCUT2D eigenvalue weighted by molar-refractivity contribution is 6.33. The van der Waals surface area contributed by atoms with Crippen LogP contribution < -0.4 is 0 Å². The number of aldehydes is 1. The Bertz CT molecular complexity index is 505. The zero-order valence-corrected chi connectivity index (χ0v) is 8.78. The van der Waals surface area contributed by atoms with Crippen molar-refractivity contribution in [1.82, 2.24) is 4.98 Å². The highest BCUT2D eigenvalue weighted by atomic mass is 35.5. The summed E-state index contributed by atoms with van der Waals surface area (Å²) in [5.41, 5.74) is 1.39. The molecule has 3 nitrogen and oxygen atoms in total. The van der Waals surface area contributed by atoms with Gasteiger partial charge in [0.25, 0.3) is 0 Å². The number of nitrogens with zero attached hydrogens (tertiary/aromatic N) is 1. The first-order valence-corrected chi connectivity index (χ1v) is 4.76. The Hall–Kier alpha value is -1.61. The molecule has 2 aromatic heterocycles. The van der Waals surface area contributed by atoms with Crippen molar-refractivity contribution in [1.29, 1.82) is 0 Å². The minimum absolute atomic E-state index is 0.282. The Balaban J connectivity index is 2.58. The minimum atomic E-state index is 0.282. The normalized spacial score (nSPS) is 10.3. The number of hydrogen-bond donors (Lipinski definition) is 0. The van der Waals surface area contributed by atoms with E-state index in [1.807, 2.05) is 0 Å². The number of pyridine rings is 1. The van der Waals surface area contributed by atoms with Crippen LogP contribution in [0, 0.1) is 6.92 Å². The number of furan rings is 1. The number of carbonyl (C=O) groups excluding carboxylic acids is 1. The third-order valence-corrected chi connectivity index (χ3v) is 2.37. The molecule has 0 fully saturated rings. The maximum Gasteiger partial charge on any atom is 0.185 e. The van der Waals surface area contributed by atoms with Crippen LogP contribution in [0.3, 0.4) is 0 Å². The summed E-state index contributed by atoms with van der Waals surface area (Å²) in [6, 6.07) is 5.13. The molecule has 0 bridgehead atoms. The van der Waals surface area contributed by atoms with Gasteiger partial charge in [-0.1, -0.05) is 11.6 Å². The van der Waals surface area contributed by atoms with Gasteiger partial charge in [0, 0.05) is 11.8 Å². The van der Waals surface area contributed by atoms with Crippen LogP contribution >= 0.6 is 11.6 Å². The Kier molecular flexibility index (Phi) is 2.56. The van der Waals surface area contributed by atoms with Gasteiger partial charge in [0.2, 0.25) is 0 Å². The van der Waals surface area contributed by atoms with Crippen molar-refractivity contribution in [2.45, 2.75) is 6.92 Å². The third-order valence-electron chi connectivity index (χ3n) is 2.07. The van der Waals surface area contributed by atoms with Crippen molar-refractivity contribution in [2.24, 2.45) is 0 Å². The van der Waals surface area contributed by atoms with Gasteiger partial charge < -0.3 is 4.42 Å². The fourth-order valence-electron chi connectivity index (χ4n) is 1.38. The van der Waals surface area contributed by atoms with Gasteiger partial charge >= 0.3 is 0 Å². The quantitative estimate of drug-likeness (QED) is 0.732. The Morgan fingerprint density at radius 2 is 2.33 bits per heavy atom. The zero-order valence-electron chi connectivity index (χ0n) is 8.03. The van der Waals surface area contributed by atoms with Crippen LogP contribution in [-0.2, 0) is 0 Å². The summed E-state index contributed by atoms with van der Waals surface area (Å²) in [4.78, 5) is 14.7. The van der Waals surface area contributed by atoms with E-state index in [2.05, 4.69) is 4.98 Å². The predicted octanol–water partition coefficient (Wildman–Crippen LogP) is 3.12. The standard InChI is InChI=1S/C11H8ClNO2/c1-7-9(5-8(6-14)15-7)11-10(12)3-2-4-13-11/h2-6H,1H3. The number of hydrogen-bond acceptors (Lipinski definition) is 3. The smallest absolute Gasteiger partial charge is 0.185 e. The van der Waals surface area contributed by atoms with E-state index in [1.165, 1.54) is 0 Å². The monoisotopic (exact) mass is 221 g/mol. The van der Waals surface area contributed by atoms with E-state index >= 15 is 0 Å². The summed E-state index contributed by atoms with van der Waals surface area (Å²) in [5.74, 6) is 0.918. The molecule has 2 heterocycles. The van der Waals surface area contributed by atoms with E-state index in [0.717, 1.165) is 5.56 Å². The van der Waals surface area contributed by atoms with Crippen molar-refractivity contribution in [3.63, 3.8) is 0 Å². The van der Waals surface area contributed by atoms with E-state index in [-0.39, 0.29) is 5.76 Å². The molecule has 0 radical (unpaired) electrons. The Morgan fingerprint density at radius 1 is 1.53 bits per heavy atom. The Morgan fingerprint density at radius 3 is 2.93 bits per heavy atom. The second-order valence-corrected chi connectivity index (χ2v) is 3.48. The van der Waals surface area contributed by atoms with Gasteiger partial charge in [-0.2, -0.15) is 0 Å². The van der Waals surface area contributed by atoms with Crippen LogP contribution in [-0.4, -0.2) is 11.3 Å². The van der Waals surface area contributed by atoms with E-state index in [0.29, 0.717) is 22.8 Å². The molecule has 0 saturated carbocycles. The van der Waals surface area contributed by atoms with Crippen LogP contribution in [0.25, 0.3) is 11.3 Å². The minimum Gasteiger partial charge on any atom is -0.458 e. The van der Waals surface area contributed by atoms with E-state index < -0.39 is 0 Å². The summed E-state index contributed by atoms with van der Waals surface area (Å²) in [7, 11) is 0. The average Bonchev–Trinajstić information content (AvgIpc) is 2.60. The van der Waals surface area contributed by atoms with Gasteiger partial charge in [-0.15, -0.1) is 0 Å². The van der Waals surface area contributed by atoms with Crippen LogP contribution in [0.1, 0.15) is 16.3 Å². The first-order chi connectivity index (χ1) is 7.22. The molecule has 76 valence electrons. The second-order valence-electron chi connectivity index (χ2n) is 3.07. The lowest BCUT2D eigenvalue weighted by Gasteiger charge is -1.99. The maximum absolute atomic E-state index is 10.5. The topological polar surface area (TPSA) is 43.1 Å². The lowest BCUT2D eigenvalue weighted by atomic mass is 10.1. The number of halogens is 1. The molecule has 0 aliphatic carbocycles. The largest absolute Gasteiger partial charge is 0.458 e. The molecule has 4 heteroatoms. The first-order valence-electron chi connectivity index (χ1n) is 4.39.